The van der Waals surface area contributed by atoms with Gasteiger partial charge >= 0.3 is 5.97 Å². The Labute approximate surface area is 228 Å². The molecule has 0 unspecified atom stereocenters. The lowest BCUT2D eigenvalue weighted by Gasteiger charge is -2.37. The zero-order valence-corrected chi connectivity index (χ0v) is 22.6. The molecule has 5 rings (SSSR count). The number of rotatable bonds is 7. The molecule has 1 aliphatic rings. The minimum atomic E-state index is -0.912. The largest absolute Gasteiger partial charge is 0.478 e. The molecule has 4 aromatic rings. The molecule has 0 amide bonds. The molecule has 0 radical (unpaired) electrons. The lowest BCUT2D eigenvalue weighted by molar-refractivity contribution is 0.0696. The first-order chi connectivity index (χ1) is 18.4. The standard InChI is InChI=1S/C31H33ClN4O2/c1-3-15-36-21(2)28(31(37)38)29(30(36)22-7-9-24(32)10-8-22)23-5-4-6-27(20-23)35-18-16-34(17-19-35)26-13-11-25(33)12-14-26/h4-14,20H,3,15-19,33H2,1-2H3,(H,37,38). The first-order valence-electron chi connectivity index (χ1n) is 13.1. The molecule has 0 aliphatic carbocycles. The molecule has 3 N–H and O–H groups in total. The molecule has 196 valence electrons. The Balaban J connectivity index is 1.52. The van der Waals surface area contributed by atoms with E-state index in [9.17, 15) is 9.90 Å². The van der Waals surface area contributed by atoms with Crippen LogP contribution in [0, 0.1) is 6.92 Å². The van der Waals surface area contributed by atoms with Gasteiger partial charge in [0, 0.05) is 66.1 Å². The fourth-order valence-corrected chi connectivity index (χ4v) is 5.58. The zero-order valence-electron chi connectivity index (χ0n) is 21.8. The van der Waals surface area contributed by atoms with Crippen molar-refractivity contribution < 1.29 is 9.90 Å². The molecule has 0 spiro atoms. The van der Waals surface area contributed by atoms with Crippen LogP contribution in [0.1, 0.15) is 29.4 Å². The molecule has 2 heterocycles. The summed E-state index contributed by atoms with van der Waals surface area (Å²) >= 11 is 6.19. The van der Waals surface area contributed by atoms with Crippen LogP contribution in [0.2, 0.25) is 5.02 Å². The molecule has 1 saturated heterocycles. The van der Waals surface area contributed by atoms with Crippen LogP contribution in [-0.4, -0.2) is 41.8 Å². The molecule has 6 nitrogen and oxygen atoms in total. The van der Waals surface area contributed by atoms with Crippen molar-refractivity contribution in [3.8, 4) is 22.4 Å². The fraction of sp³-hybridized carbons (Fsp3) is 0.258. The first kappa shape index (κ1) is 25.7. The van der Waals surface area contributed by atoms with E-state index in [2.05, 4.69) is 45.6 Å². The second kappa shape index (κ2) is 10.8. The van der Waals surface area contributed by atoms with Gasteiger partial charge in [0.05, 0.1) is 11.3 Å². The quantitative estimate of drug-likeness (QED) is 0.258. The summed E-state index contributed by atoms with van der Waals surface area (Å²) in [6, 6.07) is 24.0. The Morgan fingerprint density at radius 3 is 2.13 bits per heavy atom. The molecule has 3 aromatic carbocycles. The number of carboxylic acid groups (broad SMARTS) is 1. The lowest BCUT2D eigenvalue weighted by atomic mass is 9.96. The topological polar surface area (TPSA) is 74.7 Å². The van der Waals surface area contributed by atoms with Crippen LogP contribution < -0.4 is 15.5 Å². The minimum absolute atomic E-state index is 0.355. The summed E-state index contributed by atoms with van der Waals surface area (Å²) in [5.41, 5.74) is 13.6. The third-order valence-corrected chi connectivity index (χ3v) is 7.59. The molecular weight excluding hydrogens is 496 g/mol. The van der Waals surface area contributed by atoms with E-state index in [0.717, 1.165) is 78.6 Å². The number of carbonyl (C=O) groups is 1. The Bertz CT molecular complexity index is 1440. The van der Waals surface area contributed by atoms with E-state index in [0.29, 0.717) is 10.6 Å². The normalized spacial score (nSPS) is 13.7. The van der Waals surface area contributed by atoms with E-state index in [1.165, 1.54) is 5.69 Å². The maximum absolute atomic E-state index is 12.6. The average Bonchev–Trinajstić information content (AvgIpc) is 3.22. The van der Waals surface area contributed by atoms with Gasteiger partial charge in [-0.3, -0.25) is 0 Å². The molecule has 1 fully saturated rings. The van der Waals surface area contributed by atoms with Crippen LogP contribution in [-0.2, 0) is 6.54 Å². The molecule has 1 aliphatic heterocycles. The summed E-state index contributed by atoms with van der Waals surface area (Å²) in [5, 5.41) is 11.0. The highest BCUT2D eigenvalue weighted by atomic mass is 35.5. The average molecular weight is 529 g/mol. The SMILES string of the molecule is CCCn1c(C)c(C(=O)O)c(-c2cccc(N3CCN(c4ccc(N)cc4)CC3)c2)c1-c1ccc(Cl)cc1. The van der Waals surface area contributed by atoms with Crippen molar-refractivity contribution in [2.75, 3.05) is 41.7 Å². The number of nitrogens with two attached hydrogens (primary N) is 1. The number of piperazine rings is 1. The number of benzene rings is 3. The Hall–Kier alpha value is -3.90. The summed E-state index contributed by atoms with van der Waals surface area (Å²) in [7, 11) is 0. The molecule has 0 saturated carbocycles. The zero-order chi connectivity index (χ0) is 26.8. The van der Waals surface area contributed by atoms with Crippen molar-refractivity contribution >= 4 is 34.6 Å². The molecule has 7 heteroatoms. The third kappa shape index (κ3) is 4.96. The Morgan fingerprint density at radius 2 is 1.53 bits per heavy atom. The van der Waals surface area contributed by atoms with Crippen molar-refractivity contribution in [2.45, 2.75) is 26.8 Å². The van der Waals surface area contributed by atoms with Gasteiger partial charge in [-0.1, -0.05) is 42.8 Å². The van der Waals surface area contributed by atoms with Gasteiger partial charge in [-0.2, -0.15) is 0 Å². The third-order valence-electron chi connectivity index (χ3n) is 7.34. The Kier molecular flexibility index (Phi) is 7.34. The van der Waals surface area contributed by atoms with Gasteiger partial charge < -0.3 is 25.2 Å². The number of hydrogen-bond donors (Lipinski definition) is 2. The molecule has 38 heavy (non-hydrogen) atoms. The van der Waals surface area contributed by atoms with Crippen LogP contribution in [0.15, 0.2) is 72.8 Å². The number of aromatic nitrogens is 1. The van der Waals surface area contributed by atoms with Gasteiger partial charge in [0.25, 0.3) is 0 Å². The molecule has 1 aromatic heterocycles. The van der Waals surface area contributed by atoms with Crippen LogP contribution >= 0.6 is 11.6 Å². The van der Waals surface area contributed by atoms with E-state index in [1.807, 2.05) is 55.5 Å². The van der Waals surface area contributed by atoms with Crippen molar-refractivity contribution in [1.82, 2.24) is 4.57 Å². The minimum Gasteiger partial charge on any atom is -0.478 e. The second-order valence-electron chi connectivity index (χ2n) is 9.76. The van der Waals surface area contributed by atoms with Crippen molar-refractivity contribution in [3.63, 3.8) is 0 Å². The summed E-state index contributed by atoms with van der Waals surface area (Å²) in [5.74, 6) is -0.912. The van der Waals surface area contributed by atoms with Crippen LogP contribution in [0.5, 0.6) is 0 Å². The molecule has 0 atom stereocenters. The van der Waals surface area contributed by atoms with Crippen LogP contribution in [0.4, 0.5) is 17.1 Å². The van der Waals surface area contributed by atoms with Gasteiger partial charge in [0.1, 0.15) is 0 Å². The summed E-state index contributed by atoms with van der Waals surface area (Å²) in [6.45, 7) is 8.29. The number of aromatic carboxylic acids is 1. The van der Waals surface area contributed by atoms with Gasteiger partial charge in [-0.05, 0) is 73.0 Å². The van der Waals surface area contributed by atoms with E-state index in [-0.39, 0.29) is 0 Å². The predicted molar refractivity (Wildman–Crippen MR) is 158 cm³/mol. The van der Waals surface area contributed by atoms with E-state index in [4.69, 9.17) is 17.3 Å². The highest BCUT2D eigenvalue weighted by molar-refractivity contribution is 6.30. The fourth-order valence-electron chi connectivity index (χ4n) is 5.46. The maximum Gasteiger partial charge on any atom is 0.338 e. The van der Waals surface area contributed by atoms with Crippen LogP contribution in [0.3, 0.4) is 0 Å². The van der Waals surface area contributed by atoms with Gasteiger partial charge in [-0.25, -0.2) is 4.79 Å². The number of halogens is 1. The van der Waals surface area contributed by atoms with Crippen molar-refractivity contribution in [3.05, 3.63) is 89.1 Å². The second-order valence-corrected chi connectivity index (χ2v) is 10.2. The van der Waals surface area contributed by atoms with Crippen molar-refractivity contribution in [2.24, 2.45) is 0 Å². The van der Waals surface area contributed by atoms with Gasteiger partial charge in [0.15, 0.2) is 0 Å². The highest BCUT2D eigenvalue weighted by Crippen LogP contribution is 2.41. The number of nitrogens with zero attached hydrogens (tertiary/aromatic N) is 3. The van der Waals surface area contributed by atoms with E-state index in [1.54, 1.807) is 0 Å². The monoisotopic (exact) mass is 528 g/mol. The lowest BCUT2D eigenvalue weighted by Crippen LogP contribution is -2.46. The summed E-state index contributed by atoms with van der Waals surface area (Å²) in [6.07, 6.45) is 0.896. The maximum atomic E-state index is 12.6. The first-order valence-corrected chi connectivity index (χ1v) is 13.4. The van der Waals surface area contributed by atoms with Crippen molar-refractivity contribution in [1.29, 1.82) is 0 Å². The van der Waals surface area contributed by atoms with Gasteiger partial charge in [-0.15, -0.1) is 0 Å². The smallest absolute Gasteiger partial charge is 0.338 e. The molecular formula is C31H33ClN4O2. The number of carboxylic acids is 1. The summed E-state index contributed by atoms with van der Waals surface area (Å²) in [4.78, 5) is 17.3. The van der Waals surface area contributed by atoms with Crippen LogP contribution in [0.25, 0.3) is 22.4 Å². The van der Waals surface area contributed by atoms with E-state index >= 15 is 0 Å². The summed E-state index contributed by atoms with van der Waals surface area (Å²) < 4.78 is 2.14. The van der Waals surface area contributed by atoms with E-state index < -0.39 is 5.97 Å². The predicted octanol–water partition coefficient (Wildman–Crippen LogP) is 6.80. The molecule has 0 bridgehead atoms. The number of nitrogen functional groups attached to an aromatic ring is 1. The van der Waals surface area contributed by atoms with Gasteiger partial charge in [0.2, 0.25) is 0 Å². The highest BCUT2D eigenvalue weighted by Gasteiger charge is 2.27. The number of anilines is 3. The number of hydrogen-bond acceptors (Lipinski definition) is 4. The Morgan fingerprint density at radius 1 is 0.895 bits per heavy atom.